The van der Waals surface area contributed by atoms with Crippen LogP contribution in [-0.4, -0.2) is 62.2 Å². The van der Waals surface area contributed by atoms with Gasteiger partial charge in [-0.15, -0.1) is 0 Å². The predicted octanol–water partition coefficient (Wildman–Crippen LogP) is 2.86. The molecule has 7 nitrogen and oxygen atoms in total. The minimum atomic E-state index is -3.55. The highest BCUT2D eigenvalue weighted by Crippen LogP contribution is 2.28. The number of likely N-dealkylation sites (tertiary alicyclic amines) is 1. The van der Waals surface area contributed by atoms with Crippen LogP contribution in [0.25, 0.3) is 0 Å². The van der Waals surface area contributed by atoms with Crippen LogP contribution in [0.3, 0.4) is 0 Å². The van der Waals surface area contributed by atoms with E-state index in [0.29, 0.717) is 25.3 Å². The Labute approximate surface area is 180 Å². The van der Waals surface area contributed by atoms with Crippen molar-refractivity contribution in [2.75, 3.05) is 37.6 Å². The number of hydrogen-bond donors (Lipinski definition) is 0. The van der Waals surface area contributed by atoms with E-state index < -0.39 is 10.0 Å². The Bertz CT molecular complexity index is 842. The van der Waals surface area contributed by atoms with Gasteiger partial charge in [-0.05, 0) is 56.4 Å². The fourth-order valence-corrected chi connectivity index (χ4v) is 5.92. The van der Waals surface area contributed by atoms with Crippen molar-refractivity contribution in [1.29, 1.82) is 0 Å². The highest BCUT2D eigenvalue weighted by molar-refractivity contribution is 7.89. The van der Waals surface area contributed by atoms with E-state index in [1.54, 1.807) is 29.2 Å². The Morgan fingerprint density at radius 1 is 1.03 bits per heavy atom. The molecule has 2 aliphatic rings. The maximum Gasteiger partial charge on any atom is 0.243 e. The third-order valence-electron chi connectivity index (χ3n) is 5.87. The summed E-state index contributed by atoms with van der Waals surface area (Å²) in [6.07, 6.45) is 4.94. The minimum absolute atomic E-state index is 0.0690. The Kier molecular flexibility index (Phi) is 7.52. The zero-order valence-electron chi connectivity index (χ0n) is 18.0. The van der Waals surface area contributed by atoms with Gasteiger partial charge in [-0.3, -0.25) is 9.59 Å². The van der Waals surface area contributed by atoms with Gasteiger partial charge in [-0.1, -0.05) is 13.8 Å². The zero-order valence-corrected chi connectivity index (χ0v) is 18.9. The highest BCUT2D eigenvalue weighted by Gasteiger charge is 2.37. The molecule has 0 bridgehead atoms. The number of nitrogens with zero attached hydrogens (tertiary/aromatic N) is 3. The monoisotopic (exact) mass is 435 g/mol. The molecule has 0 aromatic heterocycles. The number of benzene rings is 1. The average Bonchev–Trinajstić information content (AvgIpc) is 3.15. The van der Waals surface area contributed by atoms with Crippen molar-refractivity contribution in [3.63, 3.8) is 0 Å². The smallest absolute Gasteiger partial charge is 0.243 e. The number of piperidine rings is 1. The quantitative estimate of drug-likeness (QED) is 0.629. The molecule has 2 heterocycles. The van der Waals surface area contributed by atoms with E-state index in [2.05, 4.69) is 0 Å². The summed E-state index contributed by atoms with van der Waals surface area (Å²) >= 11 is 0. The second-order valence-electron chi connectivity index (χ2n) is 8.19. The number of carbonyl (C=O) groups is 2. The van der Waals surface area contributed by atoms with Crippen LogP contribution >= 0.6 is 0 Å². The van der Waals surface area contributed by atoms with E-state index in [1.807, 2.05) is 18.7 Å². The molecule has 2 amide bonds. The maximum absolute atomic E-state index is 12.9. The average molecular weight is 436 g/mol. The first-order valence-corrected chi connectivity index (χ1v) is 12.5. The summed E-state index contributed by atoms with van der Waals surface area (Å²) in [5.74, 6) is -0.331. The number of amides is 2. The summed E-state index contributed by atoms with van der Waals surface area (Å²) in [7, 11) is -3.55. The van der Waals surface area contributed by atoms with Crippen LogP contribution < -0.4 is 4.90 Å². The molecule has 0 aliphatic carbocycles. The third kappa shape index (κ3) is 4.86. The van der Waals surface area contributed by atoms with Crippen molar-refractivity contribution in [1.82, 2.24) is 9.21 Å². The van der Waals surface area contributed by atoms with Gasteiger partial charge in [-0.25, -0.2) is 8.42 Å². The van der Waals surface area contributed by atoms with E-state index in [9.17, 15) is 18.0 Å². The predicted molar refractivity (Wildman–Crippen MR) is 117 cm³/mol. The molecule has 0 radical (unpaired) electrons. The molecule has 1 atom stereocenters. The van der Waals surface area contributed by atoms with Gasteiger partial charge >= 0.3 is 0 Å². The van der Waals surface area contributed by atoms with Crippen LogP contribution in [0.15, 0.2) is 29.2 Å². The first kappa shape index (κ1) is 22.7. The second-order valence-corrected chi connectivity index (χ2v) is 10.1. The van der Waals surface area contributed by atoms with E-state index in [-0.39, 0.29) is 29.0 Å². The molecule has 2 aliphatic heterocycles. The lowest BCUT2D eigenvalue weighted by atomic mass is 10.0. The molecule has 166 valence electrons. The van der Waals surface area contributed by atoms with Gasteiger partial charge in [0.05, 0.1) is 10.8 Å². The largest absolute Gasteiger partial charge is 0.342 e. The Hall–Kier alpha value is -1.93. The molecule has 1 aromatic rings. The summed E-state index contributed by atoms with van der Waals surface area (Å²) in [4.78, 5) is 29.1. The van der Waals surface area contributed by atoms with Crippen molar-refractivity contribution in [3.8, 4) is 0 Å². The molecule has 0 N–H and O–H groups in total. The fourth-order valence-electron chi connectivity index (χ4n) is 4.29. The highest BCUT2D eigenvalue weighted by atomic mass is 32.2. The molecule has 2 saturated heterocycles. The van der Waals surface area contributed by atoms with Gasteiger partial charge in [0.2, 0.25) is 21.8 Å². The number of rotatable bonds is 8. The molecule has 8 heteroatoms. The molecule has 1 aromatic carbocycles. The van der Waals surface area contributed by atoms with Gasteiger partial charge in [0.25, 0.3) is 0 Å². The lowest BCUT2D eigenvalue weighted by molar-refractivity contribution is -0.136. The number of anilines is 1. The molecule has 30 heavy (non-hydrogen) atoms. The Morgan fingerprint density at radius 2 is 1.63 bits per heavy atom. The van der Waals surface area contributed by atoms with Crippen molar-refractivity contribution in [3.05, 3.63) is 24.3 Å². The zero-order chi connectivity index (χ0) is 21.7. The summed E-state index contributed by atoms with van der Waals surface area (Å²) in [5.41, 5.74) is 0.644. The standard InChI is InChI=1S/C22H33N3O4S/c1-3-12-24(13-4-2)30(28,29)20-10-8-19(9-11-20)25-17-18(16-21(25)26)22(27)23-14-6-5-7-15-23/h8-11,18H,3-7,12-17H2,1-2H3/t18-/m0/s1. The van der Waals surface area contributed by atoms with E-state index in [4.69, 9.17) is 0 Å². The van der Waals surface area contributed by atoms with Crippen molar-refractivity contribution in [2.45, 2.75) is 57.3 Å². The first-order chi connectivity index (χ1) is 14.4. The molecular formula is C22H33N3O4S. The lowest BCUT2D eigenvalue weighted by Crippen LogP contribution is -2.40. The summed E-state index contributed by atoms with van der Waals surface area (Å²) in [6, 6.07) is 6.48. The van der Waals surface area contributed by atoms with Crippen LogP contribution in [-0.2, 0) is 19.6 Å². The molecule has 0 unspecified atom stereocenters. The SMILES string of the molecule is CCCN(CCC)S(=O)(=O)c1ccc(N2C[C@@H](C(=O)N3CCCCC3)CC2=O)cc1. The molecule has 3 rings (SSSR count). The second kappa shape index (κ2) is 9.92. The van der Waals surface area contributed by atoms with Crippen molar-refractivity contribution < 1.29 is 18.0 Å². The van der Waals surface area contributed by atoms with E-state index in [1.165, 1.54) is 4.31 Å². The van der Waals surface area contributed by atoms with Gasteiger partial charge in [0.1, 0.15) is 0 Å². The topological polar surface area (TPSA) is 78.0 Å². The number of carbonyl (C=O) groups excluding carboxylic acids is 2. The summed E-state index contributed by atoms with van der Waals surface area (Å²) in [5, 5.41) is 0. The van der Waals surface area contributed by atoms with Crippen LogP contribution in [0.1, 0.15) is 52.4 Å². The fraction of sp³-hybridized carbons (Fsp3) is 0.636. The number of hydrogen-bond acceptors (Lipinski definition) is 4. The Balaban J connectivity index is 1.71. The molecule has 0 saturated carbocycles. The van der Waals surface area contributed by atoms with Crippen LogP contribution in [0.5, 0.6) is 0 Å². The minimum Gasteiger partial charge on any atom is -0.342 e. The van der Waals surface area contributed by atoms with E-state index in [0.717, 1.165) is 45.2 Å². The summed E-state index contributed by atoms with van der Waals surface area (Å²) in [6.45, 7) is 6.82. The normalized spacial score (nSPS) is 20.2. The van der Waals surface area contributed by atoms with Gasteiger partial charge in [0.15, 0.2) is 0 Å². The first-order valence-electron chi connectivity index (χ1n) is 11.1. The summed E-state index contributed by atoms with van der Waals surface area (Å²) < 4.78 is 27.4. The van der Waals surface area contributed by atoms with Gasteiger partial charge in [0, 0.05) is 44.8 Å². The third-order valence-corrected chi connectivity index (χ3v) is 7.79. The number of sulfonamides is 1. The van der Waals surface area contributed by atoms with Gasteiger partial charge in [-0.2, -0.15) is 4.31 Å². The molecule has 0 spiro atoms. The van der Waals surface area contributed by atoms with Crippen LogP contribution in [0.4, 0.5) is 5.69 Å². The van der Waals surface area contributed by atoms with Crippen molar-refractivity contribution in [2.24, 2.45) is 5.92 Å². The maximum atomic E-state index is 12.9. The van der Waals surface area contributed by atoms with Crippen molar-refractivity contribution >= 4 is 27.5 Å². The van der Waals surface area contributed by atoms with Gasteiger partial charge < -0.3 is 9.80 Å². The van der Waals surface area contributed by atoms with Crippen LogP contribution in [0, 0.1) is 5.92 Å². The lowest BCUT2D eigenvalue weighted by Gasteiger charge is -2.29. The van der Waals surface area contributed by atoms with Crippen LogP contribution in [0.2, 0.25) is 0 Å². The molecular weight excluding hydrogens is 402 g/mol. The van der Waals surface area contributed by atoms with E-state index >= 15 is 0 Å². The Morgan fingerprint density at radius 3 is 2.20 bits per heavy atom. The molecule has 2 fully saturated rings.